The van der Waals surface area contributed by atoms with Crippen LogP contribution in [0.5, 0.6) is 0 Å². The maximum atomic E-state index is 11.9. The standard InChI is InChI=1S/C15H22N4O2/c1-11-4-2-8-19(10-11)14-7-6-13(17-18-14)16-15(20)12-5-3-9-21-12/h6-7,11-12H,2-5,8-10H2,1H3,(H,16,17,20). The number of nitrogens with one attached hydrogen (secondary N) is 1. The third-order valence-corrected chi connectivity index (χ3v) is 4.10. The Morgan fingerprint density at radius 2 is 2.24 bits per heavy atom. The van der Waals surface area contributed by atoms with Crippen molar-refractivity contribution in [2.75, 3.05) is 29.9 Å². The van der Waals surface area contributed by atoms with E-state index in [1.807, 2.05) is 12.1 Å². The Morgan fingerprint density at radius 1 is 1.33 bits per heavy atom. The van der Waals surface area contributed by atoms with Crippen molar-refractivity contribution in [2.45, 2.75) is 38.7 Å². The summed E-state index contributed by atoms with van der Waals surface area (Å²) in [4.78, 5) is 14.2. The zero-order valence-corrected chi connectivity index (χ0v) is 12.4. The highest BCUT2D eigenvalue weighted by molar-refractivity contribution is 5.93. The average molecular weight is 290 g/mol. The minimum Gasteiger partial charge on any atom is -0.368 e. The van der Waals surface area contributed by atoms with Gasteiger partial charge in [0.05, 0.1) is 0 Å². The van der Waals surface area contributed by atoms with Gasteiger partial charge in [-0.1, -0.05) is 6.92 Å². The van der Waals surface area contributed by atoms with Crippen molar-refractivity contribution >= 4 is 17.5 Å². The summed E-state index contributed by atoms with van der Waals surface area (Å²) in [5.74, 6) is 1.95. The van der Waals surface area contributed by atoms with Crippen molar-refractivity contribution in [1.82, 2.24) is 10.2 Å². The Bertz CT molecular complexity index is 485. The molecular formula is C15H22N4O2. The molecule has 0 saturated carbocycles. The fourth-order valence-corrected chi connectivity index (χ4v) is 2.95. The van der Waals surface area contributed by atoms with Gasteiger partial charge >= 0.3 is 0 Å². The Hall–Kier alpha value is -1.69. The number of nitrogens with zero attached hydrogens (tertiary/aromatic N) is 3. The lowest BCUT2D eigenvalue weighted by Crippen LogP contribution is -2.35. The normalized spacial score (nSPS) is 25.9. The molecule has 2 fully saturated rings. The van der Waals surface area contributed by atoms with E-state index in [0.717, 1.165) is 31.7 Å². The molecule has 0 bridgehead atoms. The highest BCUT2D eigenvalue weighted by atomic mass is 16.5. The van der Waals surface area contributed by atoms with Crippen LogP contribution in [0.25, 0.3) is 0 Å². The monoisotopic (exact) mass is 290 g/mol. The fourth-order valence-electron chi connectivity index (χ4n) is 2.95. The summed E-state index contributed by atoms with van der Waals surface area (Å²) in [6.07, 6.45) is 3.85. The molecule has 0 spiro atoms. The van der Waals surface area contributed by atoms with Crippen LogP contribution < -0.4 is 10.2 Å². The Balaban J connectivity index is 1.59. The lowest BCUT2D eigenvalue weighted by atomic mass is 10.0. The number of carbonyl (C=O) groups is 1. The van der Waals surface area contributed by atoms with Crippen molar-refractivity contribution in [3.63, 3.8) is 0 Å². The molecule has 1 aromatic heterocycles. The molecule has 1 amide bonds. The Kier molecular flexibility index (Phi) is 4.34. The second-order valence-electron chi connectivity index (χ2n) is 5.96. The minimum absolute atomic E-state index is 0.124. The van der Waals surface area contributed by atoms with Gasteiger partial charge in [-0.25, -0.2) is 0 Å². The molecule has 2 atom stereocenters. The van der Waals surface area contributed by atoms with Gasteiger partial charge in [0.1, 0.15) is 6.10 Å². The number of rotatable bonds is 3. The van der Waals surface area contributed by atoms with E-state index in [0.29, 0.717) is 18.3 Å². The van der Waals surface area contributed by atoms with Crippen LogP contribution in [-0.4, -0.2) is 41.9 Å². The SMILES string of the molecule is CC1CCCN(c2ccc(NC(=O)C3CCCO3)nn2)C1. The van der Waals surface area contributed by atoms with Crippen molar-refractivity contribution in [2.24, 2.45) is 5.92 Å². The fraction of sp³-hybridized carbons (Fsp3) is 0.667. The molecule has 0 aromatic carbocycles. The molecule has 2 saturated heterocycles. The first-order valence-corrected chi connectivity index (χ1v) is 7.73. The molecule has 1 N–H and O–H groups in total. The van der Waals surface area contributed by atoms with E-state index in [4.69, 9.17) is 4.74 Å². The summed E-state index contributed by atoms with van der Waals surface area (Å²) in [7, 11) is 0. The van der Waals surface area contributed by atoms with Gasteiger partial charge in [0, 0.05) is 19.7 Å². The van der Waals surface area contributed by atoms with E-state index < -0.39 is 0 Å². The lowest BCUT2D eigenvalue weighted by molar-refractivity contribution is -0.124. The average Bonchev–Trinajstić information content (AvgIpc) is 3.02. The van der Waals surface area contributed by atoms with E-state index >= 15 is 0 Å². The molecule has 114 valence electrons. The molecule has 3 heterocycles. The minimum atomic E-state index is -0.338. The quantitative estimate of drug-likeness (QED) is 0.920. The maximum Gasteiger partial charge on any atom is 0.254 e. The van der Waals surface area contributed by atoms with Crippen LogP contribution in [0.15, 0.2) is 12.1 Å². The predicted octanol–water partition coefficient (Wildman–Crippen LogP) is 1.83. The van der Waals surface area contributed by atoms with Crippen LogP contribution in [0.3, 0.4) is 0 Å². The molecule has 2 aliphatic heterocycles. The van der Waals surface area contributed by atoms with Crippen LogP contribution in [0, 0.1) is 5.92 Å². The first kappa shape index (κ1) is 14.3. The summed E-state index contributed by atoms with van der Waals surface area (Å²) in [5.41, 5.74) is 0. The van der Waals surface area contributed by atoms with Crippen LogP contribution in [0.1, 0.15) is 32.6 Å². The van der Waals surface area contributed by atoms with Gasteiger partial charge in [0.2, 0.25) is 0 Å². The maximum absolute atomic E-state index is 11.9. The zero-order chi connectivity index (χ0) is 14.7. The van der Waals surface area contributed by atoms with Gasteiger partial charge in [-0.2, -0.15) is 0 Å². The van der Waals surface area contributed by atoms with Gasteiger partial charge < -0.3 is 15.0 Å². The largest absolute Gasteiger partial charge is 0.368 e. The van der Waals surface area contributed by atoms with Crippen LogP contribution in [0.4, 0.5) is 11.6 Å². The molecule has 6 heteroatoms. The number of aromatic nitrogens is 2. The molecule has 0 aliphatic carbocycles. The second-order valence-corrected chi connectivity index (χ2v) is 5.96. The predicted molar refractivity (Wildman–Crippen MR) is 80.2 cm³/mol. The summed E-state index contributed by atoms with van der Waals surface area (Å²) >= 11 is 0. The topological polar surface area (TPSA) is 67.4 Å². The van der Waals surface area contributed by atoms with E-state index in [1.54, 1.807) is 0 Å². The van der Waals surface area contributed by atoms with Crippen molar-refractivity contribution < 1.29 is 9.53 Å². The highest BCUT2D eigenvalue weighted by Gasteiger charge is 2.24. The second kappa shape index (κ2) is 6.39. The number of anilines is 2. The molecule has 3 rings (SSSR count). The molecule has 6 nitrogen and oxygen atoms in total. The van der Waals surface area contributed by atoms with E-state index in [1.165, 1.54) is 12.8 Å². The van der Waals surface area contributed by atoms with Gasteiger partial charge in [0.25, 0.3) is 5.91 Å². The first-order valence-electron chi connectivity index (χ1n) is 7.73. The smallest absolute Gasteiger partial charge is 0.254 e. The lowest BCUT2D eigenvalue weighted by Gasteiger charge is -2.31. The van der Waals surface area contributed by atoms with E-state index in [2.05, 4.69) is 27.3 Å². The Morgan fingerprint density at radius 3 is 2.90 bits per heavy atom. The van der Waals surface area contributed by atoms with Gasteiger partial charge in [-0.3, -0.25) is 4.79 Å². The molecule has 21 heavy (non-hydrogen) atoms. The van der Waals surface area contributed by atoms with E-state index in [9.17, 15) is 4.79 Å². The van der Waals surface area contributed by atoms with Crippen molar-refractivity contribution in [3.05, 3.63) is 12.1 Å². The summed E-state index contributed by atoms with van der Waals surface area (Å²) in [6, 6.07) is 3.74. The number of hydrogen-bond donors (Lipinski definition) is 1. The third kappa shape index (κ3) is 3.50. The Labute approximate surface area is 124 Å². The molecule has 0 radical (unpaired) electrons. The van der Waals surface area contributed by atoms with Crippen LogP contribution in [-0.2, 0) is 9.53 Å². The van der Waals surface area contributed by atoms with Gasteiger partial charge in [-0.05, 0) is 43.7 Å². The zero-order valence-electron chi connectivity index (χ0n) is 12.4. The molecular weight excluding hydrogens is 268 g/mol. The highest BCUT2D eigenvalue weighted by Crippen LogP contribution is 2.21. The number of carbonyl (C=O) groups excluding carboxylic acids is 1. The number of amides is 1. The number of ether oxygens (including phenoxy) is 1. The van der Waals surface area contributed by atoms with Crippen molar-refractivity contribution in [1.29, 1.82) is 0 Å². The third-order valence-electron chi connectivity index (χ3n) is 4.10. The summed E-state index contributed by atoms with van der Waals surface area (Å²) in [6.45, 7) is 4.97. The summed E-state index contributed by atoms with van der Waals surface area (Å²) in [5, 5.41) is 11.1. The summed E-state index contributed by atoms with van der Waals surface area (Å²) < 4.78 is 5.35. The van der Waals surface area contributed by atoms with E-state index in [-0.39, 0.29) is 12.0 Å². The molecule has 2 unspecified atom stereocenters. The van der Waals surface area contributed by atoms with Gasteiger partial charge in [0.15, 0.2) is 11.6 Å². The van der Waals surface area contributed by atoms with Crippen LogP contribution >= 0.6 is 0 Å². The molecule has 2 aliphatic rings. The van der Waals surface area contributed by atoms with Crippen molar-refractivity contribution in [3.8, 4) is 0 Å². The molecule has 1 aromatic rings. The van der Waals surface area contributed by atoms with Crippen LogP contribution in [0.2, 0.25) is 0 Å². The number of hydrogen-bond acceptors (Lipinski definition) is 5. The van der Waals surface area contributed by atoms with Gasteiger partial charge in [-0.15, -0.1) is 10.2 Å². The first-order chi connectivity index (χ1) is 10.2. The number of piperidine rings is 1.